The highest BCUT2D eigenvalue weighted by molar-refractivity contribution is 7.66. The minimum absolute atomic E-state index is 0.453. The van der Waals surface area contributed by atoms with Gasteiger partial charge in [0.25, 0.3) is 5.56 Å². The van der Waals surface area contributed by atoms with Crippen LogP contribution in [0, 0.1) is 5.82 Å². The zero-order valence-electron chi connectivity index (χ0n) is 15.2. The van der Waals surface area contributed by atoms with Crippen LogP contribution < -0.4 is 17.0 Å². The highest BCUT2D eigenvalue weighted by atomic mass is 31.3. The van der Waals surface area contributed by atoms with Gasteiger partial charge in [0.1, 0.15) is 12.2 Å². The number of H-pyrrole nitrogens is 1. The van der Waals surface area contributed by atoms with Crippen molar-refractivity contribution in [2.75, 3.05) is 6.61 Å². The zero-order chi connectivity index (χ0) is 24.0. The van der Waals surface area contributed by atoms with Crippen LogP contribution in [0.5, 0.6) is 0 Å². The third-order valence-corrected chi connectivity index (χ3v) is 7.62. The maximum absolute atomic E-state index is 13.5. The summed E-state index contributed by atoms with van der Waals surface area (Å²) in [5.74, 6) is -1.38. The Balaban J connectivity index is 2.17. The number of nitrogens with one attached hydrogen (secondary N) is 1. The second kappa shape index (κ2) is 8.68. The first-order chi connectivity index (χ1) is 13.8. The minimum atomic E-state index is -5.76. The van der Waals surface area contributed by atoms with E-state index in [0.717, 1.165) is 6.92 Å². The molecule has 1 fully saturated rings. The van der Waals surface area contributed by atoms with Gasteiger partial charge in [-0.25, -0.2) is 18.5 Å². The molecule has 178 valence electrons. The standard InChI is InChI=1S/C10H17FN3O14P3/c1-10(12)6(15)5(26-8(10)14-2-4(11)7(16)13-9(14)17)3-25-30(21,22)28-31(23,24)27-29(18,19)20/h2,5-6,8,15H,3,12H2,1H3,(H,21,22)(H,23,24)(H,13,16,17)(H2,18,19,20)/t5-,6-,8-,10-/m1/s1. The van der Waals surface area contributed by atoms with Crippen LogP contribution in [0.2, 0.25) is 0 Å². The van der Waals surface area contributed by atoms with Crippen molar-refractivity contribution >= 4 is 23.5 Å². The Bertz CT molecular complexity index is 1100. The second-order valence-electron chi connectivity index (χ2n) is 6.37. The molecule has 1 saturated heterocycles. The van der Waals surface area contributed by atoms with Gasteiger partial charge in [0.2, 0.25) is 5.82 Å². The Morgan fingerprint density at radius 3 is 2.35 bits per heavy atom. The third-order valence-electron chi connectivity index (χ3n) is 3.82. The van der Waals surface area contributed by atoms with Crippen molar-refractivity contribution in [2.45, 2.75) is 30.9 Å². The number of hydrogen-bond acceptors (Lipinski definition) is 11. The molecule has 0 bridgehead atoms. The molecule has 17 nitrogen and oxygen atoms in total. The van der Waals surface area contributed by atoms with Gasteiger partial charge in [-0.2, -0.15) is 13.0 Å². The third kappa shape index (κ3) is 6.46. The summed E-state index contributed by atoms with van der Waals surface area (Å²) in [6.07, 6.45) is -4.51. The first-order valence-electron chi connectivity index (χ1n) is 7.76. The van der Waals surface area contributed by atoms with Gasteiger partial charge in [0.05, 0.1) is 18.3 Å². The molecule has 2 rings (SSSR count). The fraction of sp³-hybridized carbons (Fsp3) is 0.600. The molecule has 2 unspecified atom stereocenters. The van der Waals surface area contributed by atoms with E-state index in [1.54, 1.807) is 4.98 Å². The quantitative estimate of drug-likeness (QED) is 0.184. The average molecular weight is 515 g/mol. The number of hydrogen-bond donors (Lipinski definition) is 7. The summed E-state index contributed by atoms with van der Waals surface area (Å²) in [6.45, 7) is 0.0807. The number of aliphatic hydroxyl groups is 1. The number of nitrogens with two attached hydrogens (primary N) is 1. The second-order valence-corrected chi connectivity index (χ2v) is 10.8. The number of aliphatic hydroxyl groups excluding tert-OH is 1. The summed E-state index contributed by atoms with van der Waals surface area (Å²) in [7, 11) is -16.9. The number of ether oxygens (including phenoxy) is 1. The van der Waals surface area contributed by atoms with E-state index in [9.17, 15) is 37.7 Å². The Morgan fingerprint density at radius 2 is 1.81 bits per heavy atom. The molecule has 2 heterocycles. The van der Waals surface area contributed by atoms with Crippen molar-refractivity contribution in [3.05, 3.63) is 32.9 Å². The van der Waals surface area contributed by atoms with Crippen molar-refractivity contribution in [1.29, 1.82) is 0 Å². The van der Waals surface area contributed by atoms with E-state index in [2.05, 4.69) is 13.1 Å². The molecule has 0 aliphatic carbocycles. The van der Waals surface area contributed by atoms with Gasteiger partial charge >= 0.3 is 29.2 Å². The van der Waals surface area contributed by atoms with Crippen molar-refractivity contribution < 1.29 is 60.6 Å². The van der Waals surface area contributed by atoms with Crippen LogP contribution >= 0.6 is 23.5 Å². The fourth-order valence-corrected chi connectivity index (χ4v) is 5.56. The van der Waals surface area contributed by atoms with E-state index < -0.39 is 71.1 Å². The van der Waals surface area contributed by atoms with Gasteiger partial charge in [-0.1, -0.05) is 0 Å². The molecular weight excluding hydrogens is 498 g/mol. The lowest BCUT2D eigenvalue weighted by Gasteiger charge is -2.28. The lowest BCUT2D eigenvalue weighted by atomic mass is 9.93. The summed E-state index contributed by atoms with van der Waals surface area (Å²) in [5.41, 5.74) is 1.56. The predicted octanol–water partition coefficient (Wildman–Crippen LogP) is -2.01. The summed E-state index contributed by atoms with van der Waals surface area (Å²) in [4.78, 5) is 60.2. The molecular formula is C10H17FN3O14P3. The summed E-state index contributed by atoms with van der Waals surface area (Å²) < 4.78 is 64.3. The number of phosphoric acid groups is 3. The van der Waals surface area contributed by atoms with Crippen LogP contribution in [0.25, 0.3) is 0 Å². The SMILES string of the molecule is C[C@@]1(N)[C@H](O)[C@@H](COP(=O)(O)OP(=O)(O)OP(=O)(O)O)O[C@H]1n1cc(F)c(=O)[nH]c1=O. The molecule has 31 heavy (non-hydrogen) atoms. The maximum Gasteiger partial charge on any atom is 0.490 e. The van der Waals surface area contributed by atoms with Gasteiger partial charge in [-0.15, -0.1) is 0 Å². The topological polar surface area (TPSA) is 270 Å². The highest BCUT2D eigenvalue weighted by Gasteiger charge is 2.53. The van der Waals surface area contributed by atoms with Gasteiger partial charge in [-0.05, 0) is 6.92 Å². The molecule has 0 aromatic carbocycles. The van der Waals surface area contributed by atoms with Gasteiger partial charge < -0.3 is 35.2 Å². The van der Waals surface area contributed by atoms with E-state index in [0.29, 0.717) is 10.8 Å². The van der Waals surface area contributed by atoms with Crippen LogP contribution in [-0.4, -0.2) is 58.6 Å². The van der Waals surface area contributed by atoms with Crippen molar-refractivity contribution in [3.63, 3.8) is 0 Å². The number of halogens is 1. The number of rotatable bonds is 8. The van der Waals surface area contributed by atoms with E-state index in [1.165, 1.54) is 0 Å². The molecule has 1 aliphatic rings. The van der Waals surface area contributed by atoms with Crippen molar-refractivity contribution in [1.82, 2.24) is 9.55 Å². The van der Waals surface area contributed by atoms with Gasteiger partial charge in [0.15, 0.2) is 6.23 Å². The van der Waals surface area contributed by atoms with Crippen molar-refractivity contribution in [2.24, 2.45) is 5.73 Å². The first-order valence-corrected chi connectivity index (χ1v) is 12.3. The first kappa shape index (κ1) is 26.2. The Hall–Kier alpha value is -1.10. The maximum atomic E-state index is 13.5. The fourth-order valence-electron chi connectivity index (χ4n) is 2.53. The summed E-state index contributed by atoms with van der Waals surface area (Å²) in [6, 6.07) is 0. The molecule has 6 atom stereocenters. The Kier molecular flexibility index (Phi) is 7.33. The molecule has 1 aromatic rings. The average Bonchev–Trinajstić information content (AvgIpc) is 2.76. The predicted molar refractivity (Wildman–Crippen MR) is 93.6 cm³/mol. The lowest BCUT2D eigenvalue weighted by Crippen LogP contribution is -2.53. The normalized spacial score (nSPS) is 30.6. The Labute approximate surface area is 170 Å². The van der Waals surface area contributed by atoms with E-state index in [-0.39, 0.29) is 0 Å². The van der Waals surface area contributed by atoms with Crippen LogP contribution in [0.3, 0.4) is 0 Å². The lowest BCUT2D eigenvalue weighted by molar-refractivity contribution is -0.0481. The van der Waals surface area contributed by atoms with E-state index in [1.807, 2.05) is 0 Å². The number of aromatic nitrogens is 2. The summed E-state index contributed by atoms with van der Waals surface area (Å²) in [5, 5.41) is 10.3. The molecule has 1 aromatic heterocycles. The van der Waals surface area contributed by atoms with Gasteiger partial charge in [0, 0.05) is 0 Å². The molecule has 0 radical (unpaired) electrons. The largest absolute Gasteiger partial charge is 0.490 e. The molecule has 21 heteroatoms. The monoisotopic (exact) mass is 515 g/mol. The highest BCUT2D eigenvalue weighted by Crippen LogP contribution is 2.66. The van der Waals surface area contributed by atoms with Crippen LogP contribution in [0.15, 0.2) is 15.8 Å². The van der Waals surface area contributed by atoms with E-state index >= 15 is 0 Å². The molecule has 1 aliphatic heterocycles. The van der Waals surface area contributed by atoms with Crippen molar-refractivity contribution in [3.8, 4) is 0 Å². The smallest absolute Gasteiger partial charge is 0.388 e. The Morgan fingerprint density at radius 1 is 1.23 bits per heavy atom. The molecule has 8 N–H and O–H groups in total. The molecule has 0 spiro atoms. The van der Waals surface area contributed by atoms with Crippen LogP contribution in [0.1, 0.15) is 13.2 Å². The molecule has 0 amide bonds. The summed E-state index contributed by atoms with van der Waals surface area (Å²) >= 11 is 0. The van der Waals surface area contributed by atoms with Crippen LogP contribution in [0.4, 0.5) is 4.39 Å². The zero-order valence-corrected chi connectivity index (χ0v) is 17.9. The van der Waals surface area contributed by atoms with Crippen LogP contribution in [-0.2, 0) is 31.6 Å². The minimum Gasteiger partial charge on any atom is -0.388 e. The number of aromatic amines is 1. The number of phosphoric ester groups is 1. The van der Waals surface area contributed by atoms with E-state index in [4.69, 9.17) is 25.2 Å². The number of nitrogens with zero attached hydrogens (tertiary/aromatic N) is 1. The molecule has 0 saturated carbocycles. The van der Waals surface area contributed by atoms with Gasteiger partial charge in [-0.3, -0.25) is 18.9 Å².